The van der Waals surface area contributed by atoms with Gasteiger partial charge in [0, 0.05) is 0 Å². The number of hydrogen-bond acceptors (Lipinski definition) is 4. The first-order valence-electron chi connectivity index (χ1n) is 5.02. The maximum Gasteiger partial charge on any atom is 0.373 e. The summed E-state index contributed by atoms with van der Waals surface area (Å²) in [6.07, 6.45) is 1.35. The molecule has 0 aliphatic carbocycles. The van der Waals surface area contributed by atoms with E-state index in [2.05, 4.69) is 4.89 Å². The zero-order valence-corrected chi connectivity index (χ0v) is 9.65. The van der Waals surface area contributed by atoms with Crippen LogP contribution in [0.15, 0.2) is 24.3 Å². The van der Waals surface area contributed by atoms with Gasteiger partial charge in [-0.25, -0.2) is 4.79 Å². The highest BCUT2D eigenvalue weighted by molar-refractivity contribution is 5.89. The lowest BCUT2D eigenvalue weighted by Crippen LogP contribution is -2.08. The van der Waals surface area contributed by atoms with Gasteiger partial charge in [0.2, 0.25) is 0 Å². The second-order valence-corrected chi connectivity index (χ2v) is 3.24. The number of carbonyl (C=O) groups excluding carboxylic acids is 1. The first-order valence-corrected chi connectivity index (χ1v) is 5.02. The van der Waals surface area contributed by atoms with Crippen molar-refractivity contribution < 1.29 is 19.3 Å². The zero-order chi connectivity index (χ0) is 12.0. The molecular formula is C12H15O4. The molecule has 1 aromatic carbocycles. The molecule has 0 bridgehead atoms. The molecule has 4 nitrogen and oxygen atoms in total. The highest BCUT2D eigenvalue weighted by Gasteiger charge is 2.11. The third kappa shape index (κ3) is 3.55. The van der Waals surface area contributed by atoms with Crippen molar-refractivity contribution in [2.24, 2.45) is 0 Å². The summed E-state index contributed by atoms with van der Waals surface area (Å²) in [6, 6.07) is 6.69. The van der Waals surface area contributed by atoms with E-state index in [9.17, 15) is 4.79 Å². The lowest BCUT2D eigenvalue weighted by atomic mass is 10.2. The van der Waals surface area contributed by atoms with Gasteiger partial charge in [-0.2, -0.15) is 4.89 Å². The molecule has 0 spiro atoms. The Hall–Kier alpha value is -1.55. The molecule has 0 fully saturated rings. The number of hydrogen-bond donors (Lipinski definition) is 0. The van der Waals surface area contributed by atoms with Crippen LogP contribution in [-0.2, 0) is 9.78 Å². The van der Waals surface area contributed by atoms with E-state index in [0.717, 1.165) is 0 Å². The van der Waals surface area contributed by atoms with Crippen LogP contribution < -0.4 is 4.74 Å². The van der Waals surface area contributed by atoms with E-state index in [1.165, 1.54) is 7.11 Å². The smallest absolute Gasteiger partial charge is 0.373 e. The Morgan fingerprint density at radius 3 is 2.69 bits per heavy atom. The Bertz CT molecular complexity index is 349. The molecule has 0 heterocycles. The fraction of sp³-hybridized carbons (Fsp3) is 0.333. The molecule has 0 N–H and O–H groups in total. The van der Waals surface area contributed by atoms with Crippen molar-refractivity contribution >= 4 is 5.97 Å². The Labute approximate surface area is 95.1 Å². The molecule has 4 heteroatoms. The Morgan fingerprint density at radius 1 is 1.31 bits per heavy atom. The van der Waals surface area contributed by atoms with Crippen molar-refractivity contribution in [3.8, 4) is 5.75 Å². The van der Waals surface area contributed by atoms with Crippen LogP contribution in [0.25, 0.3) is 0 Å². The monoisotopic (exact) mass is 223 g/mol. The maximum atomic E-state index is 11.5. The van der Waals surface area contributed by atoms with Crippen LogP contribution in [0.3, 0.4) is 0 Å². The van der Waals surface area contributed by atoms with Crippen molar-refractivity contribution in [2.45, 2.75) is 20.3 Å². The Kier molecular flexibility index (Phi) is 4.79. The predicted octanol–water partition coefficient (Wildman–Crippen LogP) is 2.75. The van der Waals surface area contributed by atoms with Gasteiger partial charge < -0.3 is 4.74 Å². The quantitative estimate of drug-likeness (QED) is 0.568. The van der Waals surface area contributed by atoms with Gasteiger partial charge in [0.25, 0.3) is 0 Å². The van der Waals surface area contributed by atoms with Crippen LogP contribution in [0.2, 0.25) is 0 Å². The molecule has 0 saturated heterocycles. The van der Waals surface area contributed by atoms with Gasteiger partial charge in [-0.3, -0.25) is 4.89 Å². The third-order valence-electron chi connectivity index (χ3n) is 2.06. The third-order valence-corrected chi connectivity index (χ3v) is 2.06. The molecule has 16 heavy (non-hydrogen) atoms. The molecule has 1 rings (SSSR count). The van der Waals surface area contributed by atoms with Gasteiger partial charge in [0.15, 0.2) is 0 Å². The van der Waals surface area contributed by atoms with E-state index < -0.39 is 5.97 Å². The van der Waals surface area contributed by atoms with Crippen LogP contribution in [0.1, 0.15) is 30.6 Å². The predicted molar refractivity (Wildman–Crippen MR) is 58.7 cm³/mol. The standard InChI is InChI=1S/C12H15O4/c1-4-9(2)15-16-12(13)10-6-5-7-11(8-10)14-3/h5-8H,4H2,1-3H3. The van der Waals surface area contributed by atoms with Crippen molar-refractivity contribution in [1.82, 2.24) is 0 Å². The van der Waals surface area contributed by atoms with Crippen molar-refractivity contribution in [3.63, 3.8) is 0 Å². The SMILES string of the molecule is CC[C](C)OOC(=O)c1cccc(OC)c1. The molecule has 1 radical (unpaired) electrons. The summed E-state index contributed by atoms with van der Waals surface area (Å²) in [4.78, 5) is 21.0. The number of ether oxygens (including phenoxy) is 1. The summed E-state index contributed by atoms with van der Waals surface area (Å²) < 4.78 is 5.00. The minimum Gasteiger partial charge on any atom is -0.497 e. The van der Waals surface area contributed by atoms with E-state index in [1.807, 2.05) is 6.92 Å². The molecular weight excluding hydrogens is 208 g/mol. The summed E-state index contributed by atoms with van der Waals surface area (Å²) in [5, 5.41) is 0. The minimum atomic E-state index is -0.535. The zero-order valence-electron chi connectivity index (χ0n) is 9.65. The van der Waals surface area contributed by atoms with Gasteiger partial charge in [0.1, 0.15) is 11.9 Å². The molecule has 0 amide bonds. The van der Waals surface area contributed by atoms with Gasteiger partial charge in [0.05, 0.1) is 12.7 Å². The fourth-order valence-corrected chi connectivity index (χ4v) is 0.966. The average molecular weight is 223 g/mol. The second kappa shape index (κ2) is 6.12. The van der Waals surface area contributed by atoms with E-state index in [4.69, 9.17) is 9.62 Å². The highest BCUT2D eigenvalue weighted by Crippen LogP contribution is 2.14. The summed E-state index contributed by atoms with van der Waals surface area (Å²) in [7, 11) is 1.54. The number of rotatable bonds is 5. The number of benzene rings is 1. The molecule has 87 valence electrons. The van der Waals surface area contributed by atoms with Crippen LogP contribution in [0.4, 0.5) is 0 Å². The van der Waals surface area contributed by atoms with Gasteiger partial charge in [-0.1, -0.05) is 13.0 Å². The fourth-order valence-electron chi connectivity index (χ4n) is 0.966. The number of carbonyl (C=O) groups is 1. The van der Waals surface area contributed by atoms with Crippen LogP contribution in [0, 0.1) is 6.10 Å². The van der Waals surface area contributed by atoms with Gasteiger partial charge in [-0.15, -0.1) is 0 Å². The molecule has 0 aromatic heterocycles. The molecule has 0 unspecified atom stereocenters. The molecule has 0 atom stereocenters. The second-order valence-electron chi connectivity index (χ2n) is 3.24. The molecule has 0 aliphatic heterocycles. The van der Waals surface area contributed by atoms with E-state index in [-0.39, 0.29) is 0 Å². The van der Waals surface area contributed by atoms with Crippen molar-refractivity contribution in [2.75, 3.05) is 7.11 Å². The summed E-state index contributed by atoms with van der Waals surface area (Å²) >= 11 is 0. The summed E-state index contributed by atoms with van der Waals surface area (Å²) in [5.74, 6) is 0.0670. The summed E-state index contributed by atoms with van der Waals surface area (Å²) in [5.41, 5.74) is 0.392. The topological polar surface area (TPSA) is 44.8 Å². The molecule has 0 saturated carbocycles. The maximum absolute atomic E-state index is 11.5. The minimum absolute atomic E-state index is 0.392. The van der Waals surface area contributed by atoms with Crippen molar-refractivity contribution in [3.05, 3.63) is 35.9 Å². The van der Waals surface area contributed by atoms with Crippen LogP contribution in [0.5, 0.6) is 5.75 Å². The average Bonchev–Trinajstić information content (AvgIpc) is 2.35. The largest absolute Gasteiger partial charge is 0.497 e. The lowest BCUT2D eigenvalue weighted by Gasteiger charge is -2.08. The lowest BCUT2D eigenvalue weighted by molar-refractivity contribution is -0.232. The number of methoxy groups -OCH3 is 1. The normalized spacial score (nSPS) is 10.2. The van der Waals surface area contributed by atoms with Crippen LogP contribution >= 0.6 is 0 Å². The Balaban J connectivity index is 2.58. The van der Waals surface area contributed by atoms with Gasteiger partial charge in [-0.05, 0) is 31.5 Å². The van der Waals surface area contributed by atoms with Gasteiger partial charge >= 0.3 is 5.97 Å². The van der Waals surface area contributed by atoms with Crippen LogP contribution in [-0.4, -0.2) is 13.1 Å². The first kappa shape index (κ1) is 12.5. The van der Waals surface area contributed by atoms with E-state index in [1.54, 1.807) is 31.2 Å². The first-order chi connectivity index (χ1) is 7.67. The molecule has 1 aromatic rings. The van der Waals surface area contributed by atoms with E-state index >= 15 is 0 Å². The van der Waals surface area contributed by atoms with E-state index in [0.29, 0.717) is 23.8 Å². The summed E-state index contributed by atoms with van der Waals surface area (Å²) in [6.45, 7) is 3.66. The Morgan fingerprint density at radius 2 is 2.06 bits per heavy atom. The highest BCUT2D eigenvalue weighted by atomic mass is 17.2. The van der Waals surface area contributed by atoms with Crippen molar-refractivity contribution in [1.29, 1.82) is 0 Å². The molecule has 0 aliphatic rings.